The molecular formula is C15H15ClF3N3O. The molecule has 124 valence electrons. The van der Waals surface area contributed by atoms with Crippen LogP contribution in [-0.4, -0.2) is 30.5 Å². The largest absolute Gasteiger partial charge is 0.417 e. The summed E-state index contributed by atoms with van der Waals surface area (Å²) in [4.78, 5) is 17.5. The molecule has 0 aromatic carbocycles. The minimum atomic E-state index is -4.47. The molecule has 1 aromatic heterocycles. The van der Waals surface area contributed by atoms with E-state index in [9.17, 15) is 18.0 Å². The predicted octanol–water partition coefficient (Wildman–Crippen LogP) is 2.72. The van der Waals surface area contributed by atoms with E-state index in [1.54, 1.807) is 4.90 Å². The third kappa shape index (κ3) is 4.29. The molecule has 8 heteroatoms. The van der Waals surface area contributed by atoms with Gasteiger partial charge in [0.15, 0.2) is 0 Å². The smallest absolute Gasteiger partial charge is 0.355 e. The highest BCUT2D eigenvalue weighted by molar-refractivity contribution is 6.33. The monoisotopic (exact) mass is 345 g/mol. The molecule has 0 aliphatic carbocycles. The molecule has 23 heavy (non-hydrogen) atoms. The fraction of sp³-hybridized carbons (Fsp3) is 0.467. The molecule has 0 spiro atoms. The second-order valence-corrected chi connectivity index (χ2v) is 5.62. The topological polar surface area (TPSA) is 45.2 Å². The summed E-state index contributed by atoms with van der Waals surface area (Å²) in [6.45, 7) is 1.17. The summed E-state index contributed by atoms with van der Waals surface area (Å²) >= 11 is 5.93. The lowest BCUT2D eigenvalue weighted by molar-refractivity contribution is -0.137. The van der Waals surface area contributed by atoms with Gasteiger partial charge in [-0.1, -0.05) is 17.5 Å². The molecule has 2 heterocycles. The molecular weight excluding hydrogens is 331 g/mol. The van der Waals surface area contributed by atoms with Crippen LogP contribution in [0.15, 0.2) is 12.3 Å². The Balaban J connectivity index is 2.01. The lowest BCUT2D eigenvalue weighted by Crippen LogP contribution is -2.41. The number of anilines is 1. The highest BCUT2D eigenvalue weighted by atomic mass is 35.5. The number of terminal acetylenes is 1. The van der Waals surface area contributed by atoms with Crippen LogP contribution in [0.4, 0.5) is 19.0 Å². The van der Waals surface area contributed by atoms with E-state index in [4.69, 9.17) is 18.0 Å². The van der Waals surface area contributed by atoms with E-state index in [-0.39, 0.29) is 23.4 Å². The molecule has 0 radical (unpaired) electrons. The zero-order valence-electron chi connectivity index (χ0n) is 12.2. The van der Waals surface area contributed by atoms with Crippen molar-refractivity contribution < 1.29 is 18.0 Å². The standard InChI is InChI=1S/C15H15ClF3N3O/c1-2-5-20-14(23)10-3-6-22(7-4-10)13-12(16)8-11(9-21-13)15(17,18)19/h1,8-10H,3-7H2,(H,20,23). The molecule has 1 aliphatic rings. The van der Waals surface area contributed by atoms with Gasteiger partial charge in [-0.2, -0.15) is 13.2 Å². The number of alkyl halides is 3. The number of aromatic nitrogens is 1. The Hall–Kier alpha value is -1.94. The molecule has 1 amide bonds. The van der Waals surface area contributed by atoms with Crippen LogP contribution in [0.2, 0.25) is 5.02 Å². The first kappa shape index (κ1) is 17.4. The van der Waals surface area contributed by atoms with Crippen LogP contribution in [0.3, 0.4) is 0 Å². The first-order valence-corrected chi connectivity index (χ1v) is 7.39. The maximum atomic E-state index is 12.6. The number of piperidine rings is 1. The SMILES string of the molecule is C#CCNC(=O)C1CCN(c2ncc(C(F)(F)F)cc2Cl)CC1. The molecule has 0 atom stereocenters. The molecule has 1 saturated heterocycles. The second-order valence-electron chi connectivity index (χ2n) is 5.21. The van der Waals surface area contributed by atoms with E-state index >= 15 is 0 Å². The van der Waals surface area contributed by atoms with Crippen molar-refractivity contribution in [1.82, 2.24) is 10.3 Å². The first-order chi connectivity index (χ1) is 10.8. The number of amides is 1. The Labute approximate surface area is 137 Å². The molecule has 0 saturated carbocycles. The minimum Gasteiger partial charge on any atom is -0.355 e. The van der Waals surface area contributed by atoms with Crippen molar-refractivity contribution >= 4 is 23.3 Å². The highest BCUT2D eigenvalue weighted by Gasteiger charge is 2.32. The summed E-state index contributed by atoms with van der Waals surface area (Å²) in [6, 6.07) is 0.871. The highest BCUT2D eigenvalue weighted by Crippen LogP contribution is 2.34. The minimum absolute atomic E-state index is 0.0462. The quantitative estimate of drug-likeness (QED) is 0.857. The summed E-state index contributed by atoms with van der Waals surface area (Å²) in [5.74, 6) is 2.38. The predicted molar refractivity (Wildman–Crippen MR) is 81.0 cm³/mol. The molecule has 2 rings (SSSR count). The van der Waals surface area contributed by atoms with Gasteiger partial charge >= 0.3 is 6.18 Å². The van der Waals surface area contributed by atoms with Crippen LogP contribution in [0.1, 0.15) is 18.4 Å². The van der Waals surface area contributed by atoms with Gasteiger partial charge in [0, 0.05) is 25.2 Å². The van der Waals surface area contributed by atoms with Crippen LogP contribution in [0.25, 0.3) is 0 Å². The van der Waals surface area contributed by atoms with E-state index in [0.717, 1.165) is 12.3 Å². The van der Waals surface area contributed by atoms with Crippen LogP contribution in [-0.2, 0) is 11.0 Å². The fourth-order valence-corrected chi connectivity index (χ4v) is 2.74. The number of halogens is 4. The van der Waals surface area contributed by atoms with Crippen molar-refractivity contribution in [1.29, 1.82) is 0 Å². The fourth-order valence-electron chi connectivity index (χ4n) is 2.45. The Morgan fingerprint density at radius 3 is 2.65 bits per heavy atom. The van der Waals surface area contributed by atoms with Crippen molar-refractivity contribution in [2.45, 2.75) is 19.0 Å². The number of nitrogens with one attached hydrogen (secondary N) is 1. The third-order valence-corrected chi connectivity index (χ3v) is 3.96. The Morgan fingerprint density at radius 1 is 1.48 bits per heavy atom. The van der Waals surface area contributed by atoms with Gasteiger partial charge in [-0.15, -0.1) is 6.42 Å². The van der Waals surface area contributed by atoms with Crippen molar-refractivity contribution in [3.63, 3.8) is 0 Å². The van der Waals surface area contributed by atoms with Gasteiger partial charge in [-0.3, -0.25) is 4.79 Å². The summed E-state index contributed by atoms with van der Waals surface area (Å²) < 4.78 is 37.8. The number of hydrogen-bond donors (Lipinski definition) is 1. The van der Waals surface area contributed by atoms with E-state index < -0.39 is 11.7 Å². The van der Waals surface area contributed by atoms with Crippen LogP contribution >= 0.6 is 11.6 Å². The van der Waals surface area contributed by atoms with Gasteiger partial charge in [0.25, 0.3) is 0 Å². The van der Waals surface area contributed by atoms with E-state index in [1.807, 2.05) is 0 Å². The van der Waals surface area contributed by atoms with Crippen molar-refractivity contribution in [2.24, 2.45) is 5.92 Å². The van der Waals surface area contributed by atoms with Gasteiger partial charge in [0.2, 0.25) is 5.91 Å². The van der Waals surface area contributed by atoms with Gasteiger partial charge in [-0.25, -0.2) is 4.98 Å². The molecule has 4 nitrogen and oxygen atoms in total. The Bertz CT molecular complexity index is 619. The maximum absolute atomic E-state index is 12.6. The average Bonchev–Trinajstić information content (AvgIpc) is 2.52. The number of carbonyl (C=O) groups excluding carboxylic acids is 1. The van der Waals surface area contributed by atoms with Crippen molar-refractivity contribution in [2.75, 3.05) is 24.5 Å². The maximum Gasteiger partial charge on any atom is 0.417 e. The lowest BCUT2D eigenvalue weighted by atomic mass is 9.96. The Morgan fingerprint density at radius 2 is 2.13 bits per heavy atom. The molecule has 1 fully saturated rings. The van der Waals surface area contributed by atoms with Gasteiger partial charge in [0.05, 0.1) is 17.1 Å². The third-order valence-electron chi connectivity index (χ3n) is 3.68. The van der Waals surface area contributed by atoms with Gasteiger partial charge in [-0.05, 0) is 18.9 Å². The van der Waals surface area contributed by atoms with Crippen LogP contribution < -0.4 is 10.2 Å². The number of carbonyl (C=O) groups is 1. The lowest BCUT2D eigenvalue weighted by Gasteiger charge is -2.32. The summed E-state index contributed by atoms with van der Waals surface area (Å²) in [5, 5.41) is 2.59. The molecule has 1 aliphatic heterocycles. The number of pyridine rings is 1. The molecule has 1 N–H and O–H groups in total. The molecule has 0 bridgehead atoms. The van der Waals surface area contributed by atoms with Crippen molar-refractivity contribution in [3.05, 3.63) is 22.8 Å². The van der Waals surface area contributed by atoms with E-state index in [0.29, 0.717) is 31.7 Å². The average molecular weight is 346 g/mol. The molecule has 1 aromatic rings. The number of hydrogen-bond acceptors (Lipinski definition) is 3. The Kier molecular flexibility index (Phi) is 5.37. The normalized spacial score (nSPS) is 16.0. The van der Waals surface area contributed by atoms with Crippen molar-refractivity contribution in [3.8, 4) is 12.3 Å². The summed E-state index contributed by atoms with van der Waals surface area (Å²) in [7, 11) is 0. The number of nitrogens with zero attached hydrogens (tertiary/aromatic N) is 2. The first-order valence-electron chi connectivity index (χ1n) is 7.01. The van der Waals surface area contributed by atoms with Crippen LogP contribution in [0, 0.1) is 18.3 Å². The van der Waals surface area contributed by atoms with E-state index in [2.05, 4.69) is 16.2 Å². The summed E-state index contributed by atoms with van der Waals surface area (Å²) in [5.41, 5.74) is -0.880. The second kappa shape index (κ2) is 7.09. The number of rotatable bonds is 3. The van der Waals surface area contributed by atoms with Gasteiger partial charge in [0.1, 0.15) is 5.82 Å². The summed E-state index contributed by atoms with van der Waals surface area (Å²) in [6.07, 6.45) is 2.51. The van der Waals surface area contributed by atoms with Gasteiger partial charge < -0.3 is 10.2 Å². The van der Waals surface area contributed by atoms with E-state index in [1.165, 1.54) is 0 Å². The zero-order chi connectivity index (χ0) is 17.0. The van der Waals surface area contributed by atoms with Crippen LogP contribution in [0.5, 0.6) is 0 Å². The zero-order valence-corrected chi connectivity index (χ0v) is 12.9. The molecule has 0 unspecified atom stereocenters.